The van der Waals surface area contributed by atoms with E-state index in [0.717, 1.165) is 16.7 Å². The molecule has 5 nitrogen and oxygen atoms in total. The quantitative estimate of drug-likeness (QED) is 0.721. The number of hydrogen-bond donors (Lipinski definition) is 1. The first-order chi connectivity index (χ1) is 9.63. The molecule has 0 aliphatic rings. The fraction of sp³-hybridized carbons (Fsp3) is 0.133. The molecule has 1 aromatic carbocycles. The third-order valence-corrected chi connectivity index (χ3v) is 3.06. The lowest BCUT2D eigenvalue weighted by Crippen LogP contribution is -1.89. The molecule has 0 atom stereocenters. The van der Waals surface area contributed by atoms with Crippen molar-refractivity contribution in [2.75, 3.05) is 5.73 Å². The molecule has 0 saturated heterocycles. The molecule has 100 valence electrons. The van der Waals surface area contributed by atoms with E-state index in [1.54, 1.807) is 6.20 Å². The topological polar surface area (TPSA) is 77.8 Å². The number of anilines is 1. The number of aryl methyl sites for hydroxylation is 2. The van der Waals surface area contributed by atoms with E-state index in [2.05, 4.69) is 15.1 Å². The molecule has 3 rings (SSSR count). The molecule has 2 N–H and O–H groups in total. The predicted octanol–water partition coefficient (Wildman–Crippen LogP) is 3.00. The third-order valence-electron chi connectivity index (χ3n) is 3.06. The first-order valence-electron chi connectivity index (χ1n) is 6.27. The molecule has 0 fully saturated rings. The van der Waals surface area contributed by atoms with Gasteiger partial charge in [0.15, 0.2) is 0 Å². The van der Waals surface area contributed by atoms with Gasteiger partial charge in [0.05, 0.1) is 0 Å². The highest BCUT2D eigenvalue weighted by molar-refractivity contribution is 5.65. The minimum atomic E-state index is 0.452. The highest BCUT2D eigenvalue weighted by Crippen LogP contribution is 2.26. The van der Waals surface area contributed by atoms with Crippen molar-refractivity contribution in [3.8, 4) is 23.0 Å². The van der Waals surface area contributed by atoms with Crippen molar-refractivity contribution in [2.24, 2.45) is 0 Å². The van der Waals surface area contributed by atoms with Gasteiger partial charge in [-0.3, -0.25) is 4.98 Å². The summed E-state index contributed by atoms with van der Waals surface area (Å²) >= 11 is 0. The molecule has 3 aromatic rings. The maximum Gasteiger partial charge on any atom is 0.258 e. The largest absolute Gasteiger partial charge is 0.399 e. The maximum absolute atomic E-state index is 5.80. The number of hydrogen-bond acceptors (Lipinski definition) is 5. The molecular weight excluding hydrogens is 252 g/mol. The number of nitrogens with two attached hydrogens (primary N) is 1. The second kappa shape index (κ2) is 4.77. The van der Waals surface area contributed by atoms with Crippen LogP contribution in [0.5, 0.6) is 0 Å². The smallest absolute Gasteiger partial charge is 0.258 e. The first kappa shape index (κ1) is 12.3. The second-order valence-electron chi connectivity index (χ2n) is 4.72. The van der Waals surface area contributed by atoms with Gasteiger partial charge in [0, 0.05) is 17.4 Å². The fourth-order valence-electron chi connectivity index (χ4n) is 1.97. The summed E-state index contributed by atoms with van der Waals surface area (Å²) in [6.45, 7) is 3.97. The SMILES string of the molecule is Cc1ccnc(-c2noc(-c3cc(N)ccc3C)n2)c1. The normalized spacial score (nSPS) is 10.7. The van der Waals surface area contributed by atoms with Gasteiger partial charge in [0.1, 0.15) is 5.69 Å². The molecule has 0 saturated carbocycles. The molecule has 0 aliphatic carbocycles. The predicted molar refractivity (Wildman–Crippen MR) is 76.9 cm³/mol. The number of nitrogens with zero attached hydrogens (tertiary/aromatic N) is 3. The van der Waals surface area contributed by atoms with E-state index in [1.165, 1.54) is 0 Å². The van der Waals surface area contributed by atoms with Crippen LogP contribution in [0, 0.1) is 13.8 Å². The number of nitrogen functional groups attached to an aromatic ring is 1. The van der Waals surface area contributed by atoms with E-state index < -0.39 is 0 Å². The van der Waals surface area contributed by atoms with Crippen molar-refractivity contribution in [2.45, 2.75) is 13.8 Å². The van der Waals surface area contributed by atoms with Crippen molar-refractivity contribution in [3.63, 3.8) is 0 Å². The molecule has 5 heteroatoms. The van der Waals surface area contributed by atoms with Gasteiger partial charge in [-0.15, -0.1) is 0 Å². The van der Waals surface area contributed by atoms with Crippen LogP contribution in [0.15, 0.2) is 41.1 Å². The summed E-state index contributed by atoms with van der Waals surface area (Å²) < 4.78 is 5.32. The van der Waals surface area contributed by atoms with E-state index in [9.17, 15) is 0 Å². The molecule has 2 aromatic heterocycles. The molecule has 0 unspecified atom stereocenters. The van der Waals surface area contributed by atoms with Gasteiger partial charge in [0.2, 0.25) is 5.82 Å². The zero-order valence-electron chi connectivity index (χ0n) is 11.3. The Bertz CT molecular complexity index is 764. The molecule has 20 heavy (non-hydrogen) atoms. The highest BCUT2D eigenvalue weighted by Gasteiger charge is 2.13. The lowest BCUT2D eigenvalue weighted by atomic mass is 10.1. The minimum absolute atomic E-state index is 0.452. The van der Waals surface area contributed by atoms with Gasteiger partial charge in [-0.25, -0.2) is 0 Å². The van der Waals surface area contributed by atoms with Crippen LogP contribution < -0.4 is 5.73 Å². The Morgan fingerprint density at radius 3 is 2.75 bits per heavy atom. The Labute approximate surface area is 116 Å². The Morgan fingerprint density at radius 1 is 1.10 bits per heavy atom. The van der Waals surface area contributed by atoms with Crippen LogP contribution in [0.4, 0.5) is 5.69 Å². The van der Waals surface area contributed by atoms with E-state index >= 15 is 0 Å². The highest BCUT2D eigenvalue weighted by atomic mass is 16.5. The lowest BCUT2D eigenvalue weighted by Gasteiger charge is -2.01. The van der Waals surface area contributed by atoms with Gasteiger partial charge in [-0.1, -0.05) is 11.2 Å². The summed E-state index contributed by atoms with van der Waals surface area (Å²) in [7, 11) is 0. The number of aromatic nitrogens is 3. The van der Waals surface area contributed by atoms with Crippen LogP contribution in [-0.2, 0) is 0 Å². The van der Waals surface area contributed by atoms with Crippen molar-refractivity contribution < 1.29 is 4.52 Å². The van der Waals surface area contributed by atoms with E-state index in [1.807, 2.05) is 44.2 Å². The van der Waals surface area contributed by atoms with Gasteiger partial charge in [-0.05, 0) is 49.2 Å². The third kappa shape index (κ3) is 2.25. The summed E-state index contributed by atoms with van der Waals surface area (Å²) in [5, 5.41) is 3.99. The van der Waals surface area contributed by atoms with Gasteiger partial charge < -0.3 is 10.3 Å². The molecule has 0 bridgehead atoms. The average molecular weight is 266 g/mol. The summed E-state index contributed by atoms with van der Waals surface area (Å²) in [5.74, 6) is 0.929. The minimum Gasteiger partial charge on any atom is -0.399 e. The molecule has 0 spiro atoms. The van der Waals surface area contributed by atoms with Crippen LogP contribution in [0.25, 0.3) is 23.0 Å². The Kier molecular flexibility index (Phi) is 2.95. The average Bonchev–Trinajstić information content (AvgIpc) is 2.91. The summed E-state index contributed by atoms with van der Waals surface area (Å²) in [4.78, 5) is 8.65. The van der Waals surface area contributed by atoms with Crippen molar-refractivity contribution >= 4 is 5.69 Å². The van der Waals surface area contributed by atoms with Gasteiger partial charge in [-0.2, -0.15) is 4.98 Å². The fourth-order valence-corrected chi connectivity index (χ4v) is 1.97. The van der Waals surface area contributed by atoms with E-state index in [-0.39, 0.29) is 0 Å². The van der Waals surface area contributed by atoms with Crippen LogP contribution >= 0.6 is 0 Å². The Morgan fingerprint density at radius 2 is 1.95 bits per heavy atom. The molecule has 0 aliphatic heterocycles. The van der Waals surface area contributed by atoms with Crippen molar-refractivity contribution in [1.82, 2.24) is 15.1 Å². The van der Waals surface area contributed by atoms with Crippen molar-refractivity contribution in [1.29, 1.82) is 0 Å². The van der Waals surface area contributed by atoms with Gasteiger partial charge >= 0.3 is 0 Å². The van der Waals surface area contributed by atoms with Crippen molar-refractivity contribution in [3.05, 3.63) is 47.7 Å². The molecule has 0 radical (unpaired) electrons. The van der Waals surface area contributed by atoms with Crippen LogP contribution in [0.2, 0.25) is 0 Å². The van der Waals surface area contributed by atoms with Crippen LogP contribution in [0.3, 0.4) is 0 Å². The second-order valence-corrected chi connectivity index (χ2v) is 4.72. The Balaban J connectivity index is 2.04. The number of pyridine rings is 1. The summed E-state index contributed by atoms with van der Waals surface area (Å²) in [6.07, 6.45) is 1.73. The molecule has 0 amide bonds. The van der Waals surface area contributed by atoms with Gasteiger partial charge in [0.25, 0.3) is 5.89 Å². The van der Waals surface area contributed by atoms with Crippen LogP contribution in [-0.4, -0.2) is 15.1 Å². The number of benzene rings is 1. The van der Waals surface area contributed by atoms with Crippen LogP contribution in [0.1, 0.15) is 11.1 Å². The monoisotopic (exact) mass is 266 g/mol. The summed E-state index contributed by atoms with van der Waals surface area (Å²) in [6, 6.07) is 9.45. The van der Waals surface area contributed by atoms with E-state index in [4.69, 9.17) is 10.3 Å². The maximum atomic E-state index is 5.80. The lowest BCUT2D eigenvalue weighted by molar-refractivity contribution is 0.432. The molecule has 2 heterocycles. The number of rotatable bonds is 2. The molecular formula is C15H14N4O. The standard InChI is InChI=1S/C15H14N4O/c1-9-5-6-17-13(7-9)14-18-15(20-19-14)12-8-11(16)4-3-10(12)2/h3-8H,16H2,1-2H3. The zero-order chi connectivity index (χ0) is 14.1. The summed E-state index contributed by atoms with van der Waals surface area (Å²) in [5.41, 5.74) is 10.1. The first-order valence-corrected chi connectivity index (χ1v) is 6.27. The Hall–Kier alpha value is -2.69. The van der Waals surface area contributed by atoms with E-state index in [0.29, 0.717) is 23.1 Å². The zero-order valence-corrected chi connectivity index (χ0v) is 11.3.